The first kappa shape index (κ1) is 20.0. The van der Waals surface area contributed by atoms with Gasteiger partial charge in [-0.3, -0.25) is 4.79 Å². The minimum Gasteiger partial charge on any atom is -0.454 e. The number of methoxy groups -OCH3 is 2. The van der Waals surface area contributed by atoms with E-state index in [-0.39, 0.29) is 24.4 Å². The van der Waals surface area contributed by atoms with Gasteiger partial charge in [0, 0.05) is 39.6 Å². The van der Waals surface area contributed by atoms with Crippen LogP contribution in [0.4, 0.5) is 0 Å². The first-order valence-corrected chi connectivity index (χ1v) is 8.89. The standard InChI is InChI=1S/C19H26O8/c1-11(20)26-18(3)8-13(21)15-12(10-23-4)16(22)25-14(15)9-17(2)6-7-19(18,24-5)27-17/h9,13,21H,6-8,10H2,1-5H3/t13-,17-,18+,19+/m1/s1. The first-order chi connectivity index (χ1) is 12.6. The second-order valence-electron chi connectivity index (χ2n) is 7.64. The van der Waals surface area contributed by atoms with E-state index in [0.717, 1.165) is 0 Å². The molecule has 0 amide bonds. The SMILES string of the molecule is COCC1=C2C(=C[C@@]3(C)CC[C@](OC)(O3)[C@@](C)(OC(C)=O)C[C@H]2O)OC1=O. The number of ether oxygens (including phenoxy) is 5. The summed E-state index contributed by atoms with van der Waals surface area (Å²) in [6, 6.07) is 0. The highest BCUT2D eigenvalue weighted by Crippen LogP contribution is 2.51. The van der Waals surface area contributed by atoms with Gasteiger partial charge >= 0.3 is 11.9 Å². The molecule has 0 aromatic heterocycles. The van der Waals surface area contributed by atoms with Crippen molar-refractivity contribution in [3.8, 4) is 0 Å². The van der Waals surface area contributed by atoms with Crippen molar-refractivity contribution in [1.82, 2.24) is 0 Å². The zero-order valence-corrected chi connectivity index (χ0v) is 16.3. The van der Waals surface area contributed by atoms with Gasteiger partial charge in [0.25, 0.3) is 0 Å². The van der Waals surface area contributed by atoms with Crippen LogP contribution in [0.1, 0.15) is 40.0 Å². The maximum Gasteiger partial charge on any atom is 0.342 e. The van der Waals surface area contributed by atoms with E-state index in [1.807, 2.05) is 6.92 Å². The van der Waals surface area contributed by atoms with Crippen molar-refractivity contribution >= 4 is 11.9 Å². The van der Waals surface area contributed by atoms with E-state index in [0.29, 0.717) is 18.4 Å². The van der Waals surface area contributed by atoms with Crippen molar-refractivity contribution in [3.63, 3.8) is 0 Å². The third-order valence-electron chi connectivity index (χ3n) is 5.53. The summed E-state index contributed by atoms with van der Waals surface area (Å²) in [6.45, 7) is 4.81. The van der Waals surface area contributed by atoms with Crippen LogP contribution in [0.5, 0.6) is 0 Å². The molecule has 0 aliphatic carbocycles. The summed E-state index contributed by atoms with van der Waals surface area (Å²) >= 11 is 0. The molecule has 4 atom stereocenters. The highest BCUT2D eigenvalue weighted by atomic mass is 16.7. The summed E-state index contributed by atoms with van der Waals surface area (Å²) in [6.07, 6.45) is 1.51. The number of aliphatic hydroxyl groups excluding tert-OH is 1. The molecule has 1 saturated heterocycles. The van der Waals surface area contributed by atoms with Gasteiger partial charge in [-0.15, -0.1) is 0 Å². The molecule has 0 unspecified atom stereocenters. The van der Waals surface area contributed by atoms with E-state index in [9.17, 15) is 14.7 Å². The number of rotatable bonds is 4. The molecule has 8 heteroatoms. The average Bonchev–Trinajstić information content (AvgIpc) is 3.06. The molecule has 3 rings (SSSR count). The van der Waals surface area contributed by atoms with Crippen molar-refractivity contribution < 1.29 is 38.4 Å². The molecule has 3 heterocycles. The summed E-state index contributed by atoms with van der Waals surface area (Å²) in [7, 11) is 2.95. The topological polar surface area (TPSA) is 101 Å². The fourth-order valence-corrected chi connectivity index (χ4v) is 4.29. The molecule has 1 fully saturated rings. The molecule has 3 aliphatic heterocycles. The van der Waals surface area contributed by atoms with Crippen LogP contribution >= 0.6 is 0 Å². The fraction of sp³-hybridized carbons (Fsp3) is 0.684. The number of esters is 2. The lowest BCUT2D eigenvalue weighted by Crippen LogP contribution is -2.58. The maximum atomic E-state index is 12.3. The molecular formula is C19H26O8. The average molecular weight is 382 g/mol. The molecule has 0 spiro atoms. The number of hydrogen-bond donors (Lipinski definition) is 1. The van der Waals surface area contributed by atoms with Gasteiger partial charge in [0.15, 0.2) is 5.60 Å². The summed E-state index contributed by atoms with van der Waals surface area (Å²) in [5, 5.41) is 11.0. The second-order valence-corrected chi connectivity index (χ2v) is 7.64. The Bertz CT molecular complexity index is 725. The van der Waals surface area contributed by atoms with Crippen LogP contribution in [-0.2, 0) is 33.3 Å². The Morgan fingerprint density at radius 2 is 2.04 bits per heavy atom. The van der Waals surface area contributed by atoms with E-state index < -0.39 is 35.0 Å². The minimum absolute atomic E-state index is 0.000160. The van der Waals surface area contributed by atoms with E-state index in [4.69, 9.17) is 23.7 Å². The Morgan fingerprint density at radius 1 is 1.33 bits per heavy atom. The number of hydrogen-bond acceptors (Lipinski definition) is 8. The smallest absolute Gasteiger partial charge is 0.342 e. The van der Waals surface area contributed by atoms with Crippen molar-refractivity contribution in [3.05, 3.63) is 23.0 Å². The quantitative estimate of drug-likeness (QED) is 0.728. The molecule has 0 aromatic rings. The third-order valence-corrected chi connectivity index (χ3v) is 5.53. The molecule has 0 aromatic carbocycles. The Labute approximate surface area is 158 Å². The normalized spacial score (nSPS) is 38.5. The Morgan fingerprint density at radius 3 is 2.63 bits per heavy atom. The predicted octanol–water partition coefficient (Wildman–Crippen LogP) is 1.37. The van der Waals surface area contributed by atoms with Crippen LogP contribution in [0, 0.1) is 0 Å². The molecule has 0 saturated carbocycles. The van der Waals surface area contributed by atoms with Gasteiger partial charge in [-0.25, -0.2) is 4.79 Å². The number of carbonyl (C=O) groups is 2. The Balaban J connectivity index is 2.17. The van der Waals surface area contributed by atoms with Crippen LogP contribution in [0.25, 0.3) is 0 Å². The molecule has 1 N–H and O–H groups in total. The van der Waals surface area contributed by atoms with Crippen molar-refractivity contribution in [2.24, 2.45) is 0 Å². The minimum atomic E-state index is -1.29. The maximum absolute atomic E-state index is 12.3. The van der Waals surface area contributed by atoms with Crippen molar-refractivity contribution in [1.29, 1.82) is 0 Å². The predicted molar refractivity (Wildman–Crippen MR) is 92.3 cm³/mol. The fourth-order valence-electron chi connectivity index (χ4n) is 4.29. The Kier molecular flexibility index (Phi) is 4.96. The second kappa shape index (κ2) is 6.70. The van der Waals surface area contributed by atoms with E-state index in [1.165, 1.54) is 21.1 Å². The summed E-state index contributed by atoms with van der Waals surface area (Å²) < 4.78 is 28.1. The van der Waals surface area contributed by atoms with Crippen LogP contribution in [0.15, 0.2) is 23.0 Å². The van der Waals surface area contributed by atoms with Crippen molar-refractivity contribution in [2.45, 2.75) is 63.1 Å². The van der Waals surface area contributed by atoms with Crippen LogP contribution in [0.3, 0.4) is 0 Å². The molecule has 27 heavy (non-hydrogen) atoms. The molecule has 8 nitrogen and oxygen atoms in total. The Hall–Kier alpha value is -1.74. The highest BCUT2D eigenvalue weighted by molar-refractivity contribution is 5.95. The van der Waals surface area contributed by atoms with Gasteiger partial charge in [-0.2, -0.15) is 0 Å². The van der Waals surface area contributed by atoms with Gasteiger partial charge in [-0.05, 0) is 26.3 Å². The van der Waals surface area contributed by atoms with Crippen LogP contribution in [-0.4, -0.2) is 61.0 Å². The lowest BCUT2D eigenvalue weighted by molar-refractivity contribution is -0.313. The molecular weight excluding hydrogens is 356 g/mol. The third kappa shape index (κ3) is 3.20. The van der Waals surface area contributed by atoms with E-state index in [2.05, 4.69) is 0 Å². The van der Waals surface area contributed by atoms with Crippen LogP contribution < -0.4 is 0 Å². The summed E-state index contributed by atoms with van der Waals surface area (Å²) in [5.41, 5.74) is -1.53. The van der Waals surface area contributed by atoms with E-state index in [1.54, 1.807) is 13.0 Å². The zero-order chi connectivity index (χ0) is 20.0. The molecule has 150 valence electrons. The zero-order valence-electron chi connectivity index (χ0n) is 16.3. The van der Waals surface area contributed by atoms with Crippen molar-refractivity contribution in [2.75, 3.05) is 20.8 Å². The first-order valence-electron chi connectivity index (χ1n) is 8.89. The van der Waals surface area contributed by atoms with Gasteiger partial charge in [-0.1, -0.05) is 0 Å². The van der Waals surface area contributed by atoms with Crippen LogP contribution in [0.2, 0.25) is 0 Å². The largest absolute Gasteiger partial charge is 0.454 e. The molecule has 2 bridgehead atoms. The number of aliphatic hydroxyl groups is 1. The lowest BCUT2D eigenvalue weighted by atomic mass is 9.82. The summed E-state index contributed by atoms with van der Waals surface area (Å²) in [5.74, 6) is -2.07. The van der Waals surface area contributed by atoms with Gasteiger partial charge in [0.1, 0.15) is 5.76 Å². The summed E-state index contributed by atoms with van der Waals surface area (Å²) in [4.78, 5) is 24.1. The molecule has 0 radical (unpaired) electrons. The number of fused-ring (bicyclic) bond motifs is 3. The van der Waals surface area contributed by atoms with E-state index >= 15 is 0 Å². The monoisotopic (exact) mass is 382 g/mol. The highest BCUT2D eigenvalue weighted by Gasteiger charge is 2.61. The lowest BCUT2D eigenvalue weighted by Gasteiger charge is -2.45. The number of carbonyl (C=O) groups excluding carboxylic acids is 2. The van der Waals surface area contributed by atoms with Gasteiger partial charge in [0.05, 0.1) is 23.9 Å². The van der Waals surface area contributed by atoms with Gasteiger partial charge in [0.2, 0.25) is 5.79 Å². The molecule has 3 aliphatic rings. The van der Waals surface area contributed by atoms with Gasteiger partial charge < -0.3 is 28.8 Å².